The lowest BCUT2D eigenvalue weighted by atomic mass is 10.0. The highest BCUT2D eigenvalue weighted by atomic mass is 16.5. The van der Waals surface area contributed by atoms with Crippen LogP contribution in [0.2, 0.25) is 0 Å². The molecule has 2 heteroatoms. The van der Waals surface area contributed by atoms with Crippen LogP contribution in [0.5, 0.6) is 5.88 Å². The summed E-state index contributed by atoms with van der Waals surface area (Å²) in [4.78, 5) is 4.52. The van der Waals surface area contributed by atoms with Crippen molar-refractivity contribution in [3.8, 4) is 5.88 Å². The van der Waals surface area contributed by atoms with Crippen LogP contribution in [0.3, 0.4) is 0 Å². The fraction of sp³-hybridized carbons (Fsp3) is 0.357. The Morgan fingerprint density at radius 1 is 1.25 bits per heavy atom. The minimum atomic E-state index is 0.608. The second-order valence-electron chi connectivity index (χ2n) is 4.45. The average Bonchev–Trinajstić information content (AvgIpc) is 2.27. The van der Waals surface area contributed by atoms with E-state index >= 15 is 0 Å². The maximum Gasteiger partial charge on any atom is 0.216 e. The van der Waals surface area contributed by atoms with E-state index in [-0.39, 0.29) is 0 Å². The summed E-state index contributed by atoms with van der Waals surface area (Å²) >= 11 is 0. The number of ether oxygens (including phenoxy) is 1. The topological polar surface area (TPSA) is 22.1 Å². The second kappa shape index (κ2) is 4.52. The van der Waals surface area contributed by atoms with Crippen LogP contribution < -0.4 is 4.74 Å². The van der Waals surface area contributed by atoms with Gasteiger partial charge in [-0.15, -0.1) is 0 Å². The highest BCUT2D eigenvalue weighted by molar-refractivity contribution is 5.80. The molecule has 0 spiro atoms. The highest BCUT2D eigenvalue weighted by Crippen LogP contribution is 2.24. The summed E-state index contributed by atoms with van der Waals surface area (Å²) in [6.07, 6.45) is 1.00. The summed E-state index contributed by atoms with van der Waals surface area (Å²) in [5, 5.41) is 1.18. The summed E-state index contributed by atoms with van der Waals surface area (Å²) in [6, 6.07) is 10.3. The number of pyridine rings is 1. The van der Waals surface area contributed by atoms with Gasteiger partial charge in [0, 0.05) is 10.9 Å². The summed E-state index contributed by atoms with van der Waals surface area (Å²) < 4.78 is 5.34. The minimum absolute atomic E-state index is 0.608. The zero-order valence-corrected chi connectivity index (χ0v) is 10.0. The molecule has 2 nitrogen and oxygen atoms in total. The number of benzene rings is 1. The number of nitrogens with zero attached hydrogens (tertiary/aromatic N) is 1. The predicted octanol–water partition coefficient (Wildman–Crippen LogP) is 3.44. The lowest BCUT2D eigenvalue weighted by molar-refractivity contribution is 0.391. The van der Waals surface area contributed by atoms with Gasteiger partial charge in [-0.2, -0.15) is 0 Å². The van der Waals surface area contributed by atoms with E-state index in [9.17, 15) is 0 Å². The third kappa shape index (κ3) is 2.16. The molecule has 16 heavy (non-hydrogen) atoms. The van der Waals surface area contributed by atoms with E-state index < -0.39 is 0 Å². The summed E-state index contributed by atoms with van der Waals surface area (Å²) in [6.45, 7) is 4.41. The summed E-state index contributed by atoms with van der Waals surface area (Å²) in [5.41, 5.74) is 2.18. The van der Waals surface area contributed by atoms with Crippen LogP contribution in [0.25, 0.3) is 10.9 Å². The Morgan fingerprint density at radius 2 is 2.00 bits per heavy atom. The Morgan fingerprint density at radius 3 is 2.69 bits per heavy atom. The van der Waals surface area contributed by atoms with Gasteiger partial charge in [0.25, 0.3) is 0 Å². The molecule has 0 amide bonds. The Kier molecular flexibility index (Phi) is 3.09. The van der Waals surface area contributed by atoms with Crippen LogP contribution in [0.1, 0.15) is 19.4 Å². The summed E-state index contributed by atoms with van der Waals surface area (Å²) in [5.74, 6) is 1.37. The molecule has 0 bridgehead atoms. The number of rotatable bonds is 3. The quantitative estimate of drug-likeness (QED) is 0.782. The SMILES string of the molecule is COc1nc2ccccc2cc1CC(C)C. The van der Waals surface area contributed by atoms with Crippen LogP contribution in [0.15, 0.2) is 30.3 Å². The zero-order chi connectivity index (χ0) is 11.5. The van der Waals surface area contributed by atoms with Crippen molar-refractivity contribution in [3.63, 3.8) is 0 Å². The van der Waals surface area contributed by atoms with Crippen LogP contribution >= 0.6 is 0 Å². The number of hydrogen-bond acceptors (Lipinski definition) is 2. The molecule has 0 aliphatic carbocycles. The molecule has 0 fully saturated rings. The fourth-order valence-electron chi connectivity index (χ4n) is 1.90. The molecular formula is C14H17NO. The first-order chi connectivity index (χ1) is 7.70. The number of para-hydroxylation sites is 1. The lowest BCUT2D eigenvalue weighted by Crippen LogP contribution is -2.00. The molecule has 84 valence electrons. The van der Waals surface area contributed by atoms with Gasteiger partial charge in [-0.05, 0) is 24.5 Å². The zero-order valence-electron chi connectivity index (χ0n) is 10.0. The van der Waals surface area contributed by atoms with Crippen molar-refractivity contribution in [2.45, 2.75) is 20.3 Å². The van der Waals surface area contributed by atoms with Crippen LogP contribution in [0.4, 0.5) is 0 Å². The van der Waals surface area contributed by atoms with Crippen molar-refractivity contribution >= 4 is 10.9 Å². The van der Waals surface area contributed by atoms with E-state index in [2.05, 4.69) is 31.0 Å². The van der Waals surface area contributed by atoms with Gasteiger partial charge in [0.1, 0.15) is 0 Å². The van der Waals surface area contributed by atoms with Gasteiger partial charge < -0.3 is 4.74 Å². The van der Waals surface area contributed by atoms with Crippen molar-refractivity contribution in [1.82, 2.24) is 4.98 Å². The molecule has 0 unspecified atom stereocenters. The molecule has 0 saturated heterocycles. The molecule has 1 aromatic heterocycles. The third-order valence-electron chi connectivity index (χ3n) is 2.58. The minimum Gasteiger partial charge on any atom is -0.481 e. The summed E-state index contributed by atoms with van der Waals surface area (Å²) in [7, 11) is 1.68. The Hall–Kier alpha value is -1.57. The predicted molar refractivity (Wildman–Crippen MR) is 66.8 cm³/mol. The van der Waals surface area contributed by atoms with Gasteiger partial charge in [-0.1, -0.05) is 32.0 Å². The molecule has 2 rings (SSSR count). The first-order valence-electron chi connectivity index (χ1n) is 5.63. The molecule has 1 heterocycles. The van der Waals surface area contributed by atoms with Gasteiger partial charge in [0.05, 0.1) is 12.6 Å². The van der Waals surface area contributed by atoms with Crippen molar-refractivity contribution in [2.75, 3.05) is 7.11 Å². The lowest BCUT2D eigenvalue weighted by Gasteiger charge is -2.11. The van der Waals surface area contributed by atoms with Gasteiger partial charge >= 0.3 is 0 Å². The van der Waals surface area contributed by atoms with E-state index in [0.29, 0.717) is 5.92 Å². The molecule has 1 aromatic carbocycles. The van der Waals surface area contributed by atoms with Gasteiger partial charge in [-0.25, -0.2) is 4.98 Å². The average molecular weight is 215 g/mol. The molecule has 0 aliphatic heterocycles. The molecule has 0 radical (unpaired) electrons. The molecule has 0 N–H and O–H groups in total. The number of methoxy groups -OCH3 is 1. The standard InChI is InChI=1S/C14H17NO/c1-10(2)8-12-9-11-6-4-5-7-13(11)15-14(12)16-3/h4-7,9-10H,8H2,1-3H3. The van der Waals surface area contributed by atoms with Crippen molar-refractivity contribution < 1.29 is 4.74 Å². The van der Waals surface area contributed by atoms with E-state index in [4.69, 9.17) is 4.74 Å². The molecule has 0 atom stereocenters. The van der Waals surface area contributed by atoms with Crippen molar-refractivity contribution in [1.29, 1.82) is 0 Å². The van der Waals surface area contributed by atoms with E-state index in [0.717, 1.165) is 17.8 Å². The molecule has 0 aliphatic rings. The van der Waals surface area contributed by atoms with Crippen molar-refractivity contribution in [3.05, 3.63) is 35.9 Å². The first kappa shape index (κ1) is 10.9. The van der Waals surface area contributed by atoms with Gasteiger partial charge in [0.15, 0.2) is 0 Å². The number of hydrogen-bond donors (Lipinski definition) is 0. The van der Waals surface area contributed by atoms with E-state index in [1.165, 1.54) is 10.9 Å². The van der Waals surface area contributed by atoms with Crippen LogP contribution in [-0.2, 0) is 6.42 Å². The Bertz CT molecular complexity index is 491. The van der Waals surface area contributed by atoms with Crippen molar-refractivity contribution in [2.24, 2.45) is 5.92 Å². The fourth-order valence-corrected chi connectivity index (χ4v) is 1.90. The number of fused-ring (bicyclic) bond motifs is 1. The maximum absolute atomic E-state index is 5.34. The van der Waals surface area contributed by atoms with Gasteiger partial charge in [0.2, 0.25) is 5.88 Å². The monoisotopic (exact) mass is 215 g/mol. The third-order valence-corrected chi connectivity index (χ3v) is 2.58. The van der Waals surface area contributed by atoms with E-state index in [1.54, 1.807) is 7.11 Å². The largest absolute Gasteiger partial charge is 0.481 e. The van der Waals surface area contributed by atoms with Gasteiger partial charge in [-0.3, -0.25) is 0 Å². The van der Waals surface area contributed by atoms with Crippen LogP contribution in [0, 0.1) is 5.92 Å². The van der Waals surface area contributed by atoms with E-state index in [1.807, 2.05) is 18.2 Å². The number of aromatic nitrogens is 1. The Labute approximate surface area is 96.3 Å². The maximum atomic E-state index is 5.34. The molecular weight excluding hydrogens is 198 g/mol. The highest BCUT2D eigenvalue weighted by Gasteiger charge is 2.08. The smallest absolute Gasteiger partial charge is 0.216 e. The Balaban J connectivity index is 2.53. The normalized spacial score (nSPS) is 11.0. The molecule has 0 saturated carbocycles. The second-order valence-corrected chi connectivity index (χ2v) is 4.45. The molecule has 2 aromatic rings. The first-order valence-corrected chi connectivity index (χ1v) is 5.63. The van der Waals surface area contributed by atoms with Crippen LogP contribution in [-0.4, -0.2) is 12.1 Å².